The van der Waals surface area contributed by atoms with E-state index in [1.807, 2.05) is 6.26 Å². The average molecular weight is 245 g/mol. The first kappa shape index (κ1) is 13.2. The number of ether oxygens (including phenoxy) is 1. The predicted molar refractivity (Wildman–Crippen MR) is 75.3 cm³/mol. The third-order valence-electron chi connectivity index (χ3n) is 3.39. The zero-order valence-electron chi connectivity index (χ0n) is 11.1. The molecule has 0 spiro atoms. The topological polar surface area (TPSA) is 21.3 Å². The van der Waals surface area contributed by atoms with Crippen molar-refractivity contribution in [3.63, 3.8) is 0 Å². The van der Waals surface area contributed by atoms with E-state index in [2.05, 4.69) is 48.6 Å². The molecule has 2 heteroatoms. The van der Waals surface area contributed by atoms with E-state index in [0.29, 0.717) is 12.1 Å². The molecule has 2 rings (SSSR count). The second-order valence-electron chi connectivity index (χ2n) is 4.87. The Labute approximate surface area is 110 Å². The minimum atomic E-state index is 0.332. The fraction of sp³-hybridized carbons (Fsp3) is 0.500. The van der Waals surface area contributed by atoms with Gasteiger partial charge in [0.1, 0.15) is 6.10 Å². The summed E-state index contributed by atoms with van der Waals surface area (Å²) in [5.41, 5.74) is 1.38. The molecule has 1 aromatic carbocycles. The van der Waals surface area contributed by atoms with Gasteiger partial charge < -0.3 is 10.1 Å². The van der Waals surface area contributed by atoms with E-state index in [1.165, 1.54) is 18.4 Å². The molecular weight excluding hydrogens is 222 g/mol. The molecule has 2 unspecified atom stereocenters. The van der Waals surface area contributed by atoms with Crippen LogP contribution in [-0.4, -0.2) is 12.6 Å². The maximum atomic E-state index is 5.60. The van der Waals surface area contributed by atoms with E-state index in [0.717, 1.165) is 19.4 Å². The third kappa shape index (κ3) is 3.88. The summed E-state index contributed by atoms with van der Waals surface area (Å²) in [5, 5.41) is 3.65. The molecule has 1 heterocycles. The summed E-state index contributed by atoms with van der Waals surface area (Å²) in [5.74, 6) is 0. The largest absolute Gasteiger partial charge is 0.497 e. The molecule has 1 aromatic rings. The summed E-state index contributed by atoms with van der Waals surface area (Å²) in [6.45, 7) is 3.17. The summed E-state index contributed by atoms with van der Waals surface area (Å²) in [6, 6.07) is 11.1. The summed E-state index contributed by atoms with van der Waals surface area (Å²) >= 11 is 0. The Bertz CT molecular complexity index is 361. The molecule has 0 saturated carbocycles. The SMILES string of the molecule is CCCC(NCC1CCC=CO1)c1ccccc1. The fourth-order valence-electron chi connectivity index (χ4n) is 2.37. The Morgan fingerprint density at radius 3 is 2.83 bits per heavy atom. The summed E-state index contributed by atoms with van der Waals surface area (Å²) in [4.78, 5) is 0. The van der Waals surface area contributed by atoms with Crippen molar-refractivity contribution >= 4 is 0 Å². The van der Waals surface area contributed by atoms with E-state index < -0.39 is 0 Å². The molecule has 0 radical (unpaired) electrons. The van der Waals surface area contributed by atoms with Gasteiger partial charge in [0, 0.05) is 12.6 Å². The third-order valence-corrected chi connectivity index (χ3v) is 3.39. The first-order valence-corrected chi connectivity index (χ1v) is 6.99. The van der Waals surface area contributed by atoms with Crippen LogP contribution in [-0.2, 0) is 4.74 Å². The number of rotatable bonds is 6. The highest BCUT2D eigenvalue weighted by Crippen LogP contribution is 2.19. The normalized spacial score (nSPS) is 20.4. The van der Waals surface area contributed by atoms with Gasteiger partial charge in [-0.25, -0.2) is 0 Å². The number of hydrogen-bond acceptors (Lipinski definition) is 2. The Hall–Kier alpha value is -1.28. The molecule has 0 bridgehead atoms. The Morgan fingerprint density at radius 2 is 2.17 bits per heavy atom. The van der Waals surface area contributed by atoms with Crippen LogP contribution in [0.4, 0.5) is 0 Å². The Kier molecular flexibility index (Phi) is 5.28. The van der Waals surface area contributed by atoms with Crippen LogP contribution in [0.1, 0.15) is 44.2 Å². The number of nitrogens with one attached hydrogen (secondary N) is 1. The van der Waals surface area contributed by atoms with Crippen molar-refractivity contribution in [2.45, 2.75) is 44.8 Å². The summed E-state index contributed by atoms with van der Waals surface area (Å²) in [7, 11) is 0. The van der Waals surface area contributed by atoms with Gasteiger partial charge in [0.2, 0.25) is 0 Å². The Balaban J connectivity index is 1.88. The second kappa shape index (κ2) is 7.22. The first-order valence-electron chi connectivity index (χ1n) is 6.99. The molecular formula is C16H23NO. The van der Waals surface area contributed by atoms with Crippen LogP contribution in [0.15, 0.2) is 42.7 Å². The zero-order valence-corrected chi connectivity index (χ0v) is 11.1. The predicted octanol–water partition coefficient (Wildman–Crippen LogP) is 3.81. The lowest BCUT2D eigenvalue weighted by Gasteiger charge is -2.24. The second-order valence-corrected chi connectivity index (χ2v) is 4.87. The van der Waals surface area contributed by atoms with Crippen molar-refractivity contribution in [3.8, 4) is 0 Å². The maximum Gasteiger partial charge on any atom is 0.110 e. The lowest BCUT2D eigenvalue weighted by Crippen LogP contribution is -2.32. The van der Waals surface area contributed by atoms with Crippen molar-refractivity contribution in [1.29, 1.82) is 0 Å². The minimum Gasteiger partial charge on any atom is -0.497 e. The van der Waals surface area contributed by atoms with E-state index in [4.69, 9.17) is 4.74 Å². The van der Waals surface area contributed by atoms with Gasteiger partial charge in [-0.05, 0) is 30.9 Å². The van der Waals surface area contributed by atoms with Crippen LogP contribution in [0.3, 0.4) is 0 Å². The van der Waals surface area contributed by atoms with Gasteiger partial charge in [-0.15, -0.1) is 0 Å². The van der Waals surface area contributed by atoms with Crippen molar-refractivity contribution in [2.24, 2.45) is 0 Å². The van der Waals surface area contributed by atoms with Crippen LogP contribution in [0.25, 0.3) is 0 Å². The molecule has 2 nitrogen and oxygen atoms in total. The minimum absolute atomic E-state index is 0.332. The molecule has 1 aliphatic heterocycles. The van der Waals surface area contributed by atoms with Crippen molar-refractivity contribution < 1.29 is 4.74 Å². The van der Waals surface area contributed by atoms with Gasteiger partial charge in [-0.2, -0.15) is 0 Å². The molecule has 1 N–H and O–H groups in total. The van der Waals surface area contributed by atoms with Crippen molar-refractivity contribution in [3.05, 3.63) is 48.2 Å². The van der Waals surface area contributed by atoms with Gasteiger partial charge in [0.15, 0.2) is 0 Å². The van der Waals surface area contributed by atoms with Crippen molar-refractivity contribution in [2.75, 3.05) is 6.54 Å². The average Bonchev–Trinajstić information content (AvgIpc) is 2.45. The van der Waals surface area contributed by atoms with Gasteiger partial charge in [-0.1, -0.05) is 43.7 Å². The summed E-state index contributed by atoms with van der Waals surface area (Å²) in [6.07, 6.45) is 8.89. The number of hydrogen-bond donors (Lipinski definition) is 1. The van der Waals surface area contributed by atoms with Gasteiger partial charge in [0.05, 0.1) is 6.26 Å². The molecule has 98 valence electrons. The molecule has 0 aromatic heterocycles. The Morgan fingerprint density at radius 1 is 1.33 bits per heavy atom. The molecule has 0 aliphatic carbocycles. The first-order chi connectivity index (χ1) is 8.90. The smallest absolute Gasteiger partial charge is 0.110 e. The standard InChI is InChI=1S/C16H23NO/c1-2-8-16(14-9-4-3-5-10-14)17-13-15-11-6-7-12-18-15/h3-5,7,9-10,12,15-17H,2,6,8,11,13H2,1H3. The van der Waals surface area contributed by atoms with Crippen LogP contribution < -0.4 is 5.32 Å². The van der Waals surface area contributed by atoms with E-state index in [-0.39, 0.29) is 0 Å². The molecule has 2 atom stereocenters. The van der Waals surface area contributed by atoms with Gasteiger partial charge >= 0.3 is 0 Å². The molecule has 0 saturated heterocycles. The van der Waals surface area contributed by atoms with E-state index >= 15 is 0 Å². The highest BCUT2D eigenvalue weighted by atomic mass is 16.5. The van der Waals surface area contributed by atoms with Gasteiger partial charge in [0.25, 0.3) is 0 Å². The molecule has 0 fully saturated rings. The fourth-order valence-corrected chi connectivity index (χ4v) is 2.37. The zero-order chi connectivity index (χ0) is 12.6. The lowest BCUT2D eigenvalue weighted by molar-refractivity contribution is 0.118. The highest BCUT2D eigenvalue weighted by Gasteiger charge is 2.15. The monoisotopic (exact) mass is 245 g/mol. The van der Waals surface area contributed by atoms with Crippen LogP contribution in [0.5, 0.6) is 0 Å². The maximum absolute atomic E-state index is 5.60. The molecule has 1 aliphatic rings. The van der Waals surface area contributed by atoms with E-state index in [9.17, 15) is 0 Å². The summed E-state index contributed by atoms with van der Waals surface area (Å²) < 4.78 is 5.60. The van der Waals surface area contributed by atoms with Crippen LogP contribution in [0, 0.1) is 0 Å². The number of benzene rings is 1. The van der Waals surface area contributed by atoms with Crippen LogP contribution in [0.2, 0.25) is 0 Å². The number of allylic oxidation sites excluding steroid dienone is 1. The molecule has 18 heavy (non-hydrogen) atoms. The quantitative estimate of drug-likeness (QED) is 0.823. The van der Waals surface area contributed by atoms with Crippen LogP contribution >= 0.6 is 0 Å². The van der Waals surface area contributed by atoms with E-state index in [1.54, 1.807) is 0 Å². The van der Waals surface area contributed by atoms with Gasteiger partial charge in [-0.3, -0.25) is 0 Å². The van der Waals surface area contributed by atoms with Crippen molar-refractivity contribution in [1.82, 2.24) is 5.32 Å². The highest BCUT2D eigenvalue weighted by molar-refractivity contribution is 5.18. The lowest BCUT2D eigenvalue weighted by atomic mass is 10.0. The molecule has 0 amide bonds.